The maximum atomic E-state index is 11.9. The lowest BCUT2D eigenvalue weighted by Gasteiger charge is -2.19. The van der Waals surface area contributed by atoms with Crippen molar-refractivity contribution in [3.8, 4) is 11.8 Å². The normalized spacial score (nSPS) is 11.6. The number of phenolic OH excluding ortho intramolecular Hbond substituents is 1. The molecule has 1 aromatic carbocycles. The van der Waals surface area contributed by atoms with Crippen LogP contribution in [0, 0.1) is 11.3 Å². The molecule has 0 spiro atoms. The van der Waals surface area contributed by atoms with Gasteiger partial charge in [0, 0.05) is 12.6 Å². The van der Waals surface area contributed by atoms with Crippen LogP contribution in [0.1, 0.15) is 17.3 Å². The van der Waals surface area contributed by atoms with E-state index in [-0.39, 0.29) is 11.7 Å². The second-order valence-electron chi connectivity index (χ2n) is 3.39. The molecule has 0 aliphatic heterocycles. The highest BCUT2D eigenvalue weighted by atomic mass is 79.9. The molecule has 0 bridgehead atoms. The minimum absolute atomic E-state index is 0.00357. The van der Waals surface area contributed by atoms with Gasteiger partial charge >= 0.3 is 0 Å². The number of hydrogen-bond donors (Lipinski definition) is 1. The molecule has 1 rings (SSSR count). The summed E-state index contributed by atoms with van der Waals surface area (Å²) in [5.41, 5.74) is 0.352. The Hall–Kier alpha value is -1.54. The first-order chi connectivity index (χ1) is 7.47. The molecule has 16 heavy (non-hydrogen) atoms. The summed E-state index contributed by atoms with van der Waals surface area (Å²) < 4.78 is 0.528. The minimum atomic E-state index is -0.502. The van der Waals surface area contributed by atoms with Crippen molar-refractivity contribution in [3.05, 3.63) is 28.2 Å². The van der Waals surface area contributed by atoms with Crippen LogP contribution in [-0.2, 0) is 0 Å². The third-order valence-electron chi connectivity index (χ3n) is 2.28. The molecule has 0 aromatic heterocycles. The number of rotatable bonds is 2. The van der Waals surface area contributed by atoms with Crippen LogP contribution in [0.15, 0.2) is 22.7 Å². The summed E-state index contributed by atoms with van der Waals surface area (Å²) in [4.78, 5) is 13.2. The molecule has 1 N–H and O–H groups in total. The van der Waals surface area contributed by atoms with Crippen LogP contribution in [0.2, 0.25) is 0 Å². The van der Waals surface area contributed by atoms with Gasteiger partial charge in [0.2, 0.25) is 0 Å². The molecule has 84 valence electrons. The first-order valence-electron chi connectivity index (χ1n) is 4.62. The maximum Gasteiger partial charge on any atom is 0.254 e. The van der Waals surface area contributed by atoms with Crippen LogP contribution >= 0.6 is 15.9 Å². The molecule has 1 unspecified atom stereocenters. The number of aromatic hydroxyl groups is 1. The van der Waals surface area contributed by atoms with Crippen molar-refractivity contribution in [2.75, 3.05) is 7.05 Å². The minimum Gasteiger partial charge on any atom is -0.507 e. The Bertz CT molecular complexity index is 454. The van der Waals surface area contributed by atoms with E-state index in [1.165, 1.54) is 11.0 Å². The molecule has 0 radical (unpaired) electrons. The highest BCUT2D eigenvalue weighted by Crippen LogP contribution is 2.24. The van der Waals surface area contributed by atoms with Gasteiger partial charge in [-0.1, -0.05) is 0 Å². The van der Waals surface area contributed by atoms with Gasteiger partial charge in [-0.25, -0.2) is 0 Å². The summed E-state index contributed by atoms with van der Waals surface area (Å²) in [5, 5.41) is 18.1. The van der Waals surface area contributed by atoms with E-state index in [1.807, 2.05) is 6.07 Å². The molecule has 0 saturated carbocycles. The topological polar surface area (TPSA) is 64.3 Å². The predicted molar refractivity (Wildman–Crippen MR) is 63.0 cm³/mol. The van der Waals surface area contributed by atoms with Crippen LogP contribution < -0.4 is 0 Å². The van der Waals surface area contributed by atoms with Crippen molar-refractivity contribution in [3.63, 3.8) is 0 Å². The first-order valence-corrected chi connectivity index (χ1v) is 5.42. The molecule has 5 heteroatoms. The lowest BCUT2D eigenvalue weighted by Crippen LogP contribution is -2.33. The van der Waals surface area contributed by atoms with E-state index < -0.39 is 6.04 Å². The molecule has 1 aromatic rings. The smallest absolute Gasteiger partial charge is 0.254 e. The SMILES string of the molecule is CC(C#N)N(C)C(=O)c1ccc(Br)c(O)c1. The van der Waals surface area contributed by atoms with Crippen molar-refractivity contribution in [2.24, 2.45) is 0 Å². The van der Waals surface area contributed by atoms with Crippen molar-refractivity contribution in [2.45, 2.75) is 13.0 Å². The predicted octanol–water partition coefficient (Wildman–Crippen LogP) is 2.14. The second-order valence-corrected chi connectivity index (χ2v) is 4.24. The van der Waals surface area contributed by atoms with Gasteiger partial charge in [0.25, 0.3) is 5.91 Å². The fourth-order valence-corrected chi connectivity index (χ4v) is 1.36. The van der Waals surface area contributed by atoms with E-state index in [0.717, 1.165) is 0 Å². The molecule has 0 aliphatic rings. The van der Waals surface area contributed by atoms with E-state index in [1.54, 1.807) is 26.1 Å². The van der Waals surface area contributed by atoms with Gasteiger partial charge in [-0.2, -0.15) is 5.26 Å². The Morgan fingerprint density at radius 1 is 1.62 bits per heavy atom. The van der Waals surface area contributed by atoms with Gasteiger partial charge in [-0.3, -0.25) is 4.79 Å². The molecule has 0 saturated heterocycles. The Kier molecular flexibility index (Phi) is 3.91. The third-order valence-corrected chi connectivity index (χ3v) is 2.95. The molecular formula is C11H11BrN2O2. The van der Waals surface area contributed by atoms with E-state index in [2.05, 4.69) is 15.9 Å². The van der Waals surface area contributed by atoms with E-state index in [0.29, 0.717) is 10.0 Å². The van der Waals surface area contributed by atoms with Crippen LogP contribution in [0.25, 0.3) is 0 Å². The number of benzene rings is 1. The molecule has 0 aliphatic carbocycles. The first kappa shape index (κ1) is 12.5. The summed E-state index contributed by atoms with van der Waals surface area (Å²) in [7, 11) is 1.55. The van der Waals surface area contributed by atoms with E-state index in [4.69, 9.17) is 5.26 Å². The number of nitriles is 1. The van der Waals surface area contributed by atoms with Gasteiger partial charge < -0.3 is 10.0 Å². The highest BCUT2D eigenvalue weighted by molar-refractivity contribution is 9.10. The zero-order valence-corrected chi connectivity index (χ0v) is 10.5. The molecule has 0 heterocycles. The summed E-state index contributed by atoms with van der Waals surface area (Å²) in [6, 6.07) is 6.02. The number of carbonyl (C=O) groups is 1. The van der Waals surface area contributed by atoms with Crippen LogP contribution in [0.5, 0.6) is 5.75 Å². The number of phenols is 1. The van der Waals surface area contributed by atoms with Crippen LogP contribution in [0.4, 0.5) is 0 Å². The van der Waals surface area contributed by atoms with Crippen molar-refractivity contribution in [1.82, 2.24) is 4.90 Å². The zero-order chi connectivity index (χ0) is 12.3. The third kappa shape index (κ3) is 2.52. The molecule has 4 nitrogen and oxygen atoms in total. The standard InChI is InChI=1S/C11H11BrN2O2/c1-7(6-13)14(2)11(16)8-3-4-9(12)10(15)5-8/h3-5,7,15H,1-2H3. The van der Waals surface area contributed by atoms with Crippen molar-refractivity contribution in [1.29, 1.82) is 5.26 Å². The fourth-order valence-electron chi connectivity index (χ4n) is 1.11. The van der Waals surface area contributed by atoms with Gasteiger partial charge in [0.1, 0.15) is 11.8 Å². The van der Waals surface area contributed by atoms with E-state index in [9.17, 15) is 9.90 Å². The van der Waals surface area contributed by atoms with Crippen LogP contribution in [-0.4, -0.2) is 29.0 Å². The summed E-state index contributed by atoms with van der Waals surface area (Å²) in [5.74, 6) is -0.291. The molecule has 0 fully saturated rings. The van der Waals surface area contributed by atoms with Gasteiger partial charge in [0.15, 0.2) is 0 Å². The van der Waals surface area contributed by atoms with Gasteiger partial charge in [0.05, 0.1) is 10.5 Å². The maximum absolute atomic E-state index is 11.9. The van der Waals surface area contributed by atoms with Crippen molar-refractivity contribution >= 4 is 21.8 Å². The monoisotopic (exact) mass is 282 g/mol. The number of halogens is 1. The largest absolute Gasteiger partial charge is 0.507 e. The summed E-state index contributed by atoms with van der Waals surface area (Å²) >= 11 is 3.13. The summed E-state index contributed by atoms with van der Waals surface area (Å²) in [6.07, 6.45) is 0. The Morgan fingerprint density at radius 3 is 2.75 bits per heavy atom. The van der Waals surface area contributed by atoms with Gasteiger partial charge in [-0.15, -0.1) is 0 Å². The number of carbonyl (C=O) groups excluding carboxylic acids is 1. The highest BCUT2D eigenvalue weighted by Gasteiger charge is 2.17. The van der Waals surface area contributed by atoms with E-state index >= 15 is 0 Å². The Labute approximate surface area is 102 Å². The Balaban J connectivity index is 2.98. The van der Waals surface area contributed by atoms with Crippen LogP contribution in [0.3, 0.4) is 0 Å². The van der Waals surface area contributed by atoms with Crippen molar-refractivity contribution < 1.29 is 9.90 Å². The molecule has 1 amide bonds. The average Bonchev–Trinajstić information content (AvgIpc) is 2.29. The average molecular weight is 283 g/mol. The fraction of sp³-hybridized carbons (Fsp3) is 0.273. The summed E-state index contributed by atoms with van der Waals surface area (Å²) in [6.45, 7) is 1.64. The lowest BCUT2D eigenvalue weighted by molar-refractivity contribution is 0.0772. The number of hydrogen-bond acceptors (Lipinski definition) is 3. The zero-order valence-electron chi connectivity index (χ0n) is 8.94. The quantitative estimate of drug-likeness (QED) is 0.904. The second kappa shape index (κ2) is 4.99. The van der Waals surface area contributed by atoms with Gasteiger partial charge in [-0.05, 0) is 41.1 Å². The number of nitrogens with zero attached hydrogens (tertiary/aromatic N) is 2. The lowest BCUT2D eigenvalue weighted by atomic mass is 10.1. The Morgan fingerprint density at radius 2 is 2.25 bits per heavy atom. The molecule has 1 atom stereocenters. The number of amides is 1. The molecular weight excluding hydrogens is 272 g/mol.